The molecule has 11 nitrogen and oxygen atoms in total. The Morgan fingerprint density at radius 3 is 1.46 bits per heavy atom. The van der Waals surface area contributed by atoms with E-state index in [4.69, 9.17) is 9.47 Å². The van der Waals surface area contributed by atoms with Gasteiger partial charge in [-0.25, -0.2) is 0 Å². The summed E-state index contributed by atoms with van der Waals surface area (Å²) < 4.78 is 11.1. The fourth-order valence-corrected chi connectivity index (χ4v) is 7.97. The van der Waals surface area contributed by atoms with E-state index in [0.29, 0.717) is 12.8 Å². The Kier molecular flexibility index (Phi) is 36.5. The molecular formula is C48H93NO10. The van der Waals surface area contributed by atoms with Crippen LogP contribution in [0, 0.1) is 0 Å². The van der Waals surface area contributed by atoms with Gasteiger partial charge in [-0.2, -0.15) is 0 Å². The summed E-state index contributed by atoms with van der Waals surface area (Å²) in [6.45, 7) is 3.44. The fraction of sp³-hybridized carbons (Fsp3) is 0.938. The number of nitrogens with one attached hydrogen (secondary N) is 1. The highest BCUT2D eigenvalue weighted by Crippen LogP contribution is 2.23. The lowest BCUT2D eigenvalue weighted by molar-refractivity contribution is -0.303. The minimum atomic E-state index is -1.66. The maximum atomic E-state index is 13.1. The lowest BCUT2D eigenvalue weighted by Gasteiger charge is -2.40. The summed E-state index contributed by atoms with van der Waals surface area (Å²) >= 11 is 0. The molecule has 9 unspecified atom stereocenters. The lowest BCUT2D eigenvalue weighted by atomic mass is 9.98. The molecule has 8 N–H and O–H groups in total. The zero-order valence-corrected chi connectivity index (χ0v) is 37.7. The van der Waals surface area contributed by atoms with E-state index in [0.717, 1.165) is 38.5 Å². The van der Waals surface area contributed by atoms with Crippen molar-refractivity contribution in [1.29, 1.82) is 0 Å². The molecule has 1 rings (SSSR count). The van der Waals surface area contributed by atoms with Crippen molar-refractivity contribution in [3.8, 4) is 0 Å². The third-order valence-electron chi connectivity index (χ3n) is 12.1. The fourth-order valence-electron chi connectivity index (χ4n) is 7.97. The molecule has 0 aromatic rings. The molecule has 1 saturated heterocycles. The Bertz CT molecular complexity index is 970. The molecule has 0 aromatic carbocycles. The number of hydrogen-bond donors (Lipinski definition) is 8. The number of aliphatic hydroxyl groups excluding tert-OH is 7. The predicted molar refractivity (Wildman–Crippen MR) is 238 cm³/mol. The van der Waals surface area contributed by atoms with Crippen LogP contribution in [-0.2, 0) is 14.3 Å². The highest BCUT2D eigenvalue weighted by molar-refractivity contribution is 5.80. The lowest BCUT2D eigenvalue weighted by Crippen LogP contribution is -2.60. The minimum absolute atomic E-state index is 0.259. The van der Waals surface area contributed by atoms with Crippen molar-refractivity contribution in [1.82, 2.24) is 5.32 Å². The molecule has 0 saturated carbocycles. The van der Waals surface area contributed by atoms with Gasteiger partial charge < -0.3 is 50.5 Å². The molecule has 1 amide bonds. The van der Waals surface area contributed by atoms with Crippen molar-refractivity contribution in [2.75, 3.05) is 13.2 Å². The normalized spacial score (nSPS) is 21.8. The van der Waals surface area contributed by atoms with Crippen molar-refractivity contribution in [3.05, 3.63) is 12.2 Å². The van der Waals surface area contributed by atoms with E-state index >= 15 is 0 Å². The molecule has 1 fully saturated rings. The molecule has 1 aliphatic heterocycles. The van der Waals surface area contributed by atoms with Gasteiger partial charge in [0.25, 0.3) is 0 Å². The second-order valence-corrected chi connectivity index (χ2v) is 17.5. The molecule has 1 heterocycles. The molecule has 0 bridgehead atoms. The number of carbonyl (C=O) groups is 1. The van der Waals surface area contributed by atoms with Crippen LogP contribution in [-0.4, -0.2) is 110 Å². The van der Waals surface area contributed by atoms with Crippen LogP contribution in [0.25, 0.3) is 0 Å². The first-order valence-corrected chi connectivity index (χ1v) is 24.6. The highest BCUT2D eigenvalue weighted by Gasteiger charge is 2.44. The smallest absolute Gasteiger partial charge is 0.249 e. The number of aliphatic hydroxyl groups is 7. The van der Waals surface area contributed by atoms with Gasteiger partial charge in [0.2, 0.25) is 5.91 Å². The van der Waals surface area contributed by atoms with Crippen LogP contribution in [0.1, 0.15) is 219 Å². The molecule has 1 aliphatic rings. The Labute approximate surface area is 360 Å². The summed E-state index contributed by atoms with van der Waals surface area (Å²) in [5, 5.41) is 75.7. The minimum Gasteiger partial charge on any atom is -0.394 e. The van der Waals surface area contributed by atoms with E-state index in [1.807, 2.05) is 0 Å². The Morgan fingerprint density at radius 2 is 1.00 bits per heavy atom. The van der Waals surface area contributed by atoms with E-state index < -0.39 is 74.2 Å². The average Bonchev–Trinajstić information content (AvgIpc) is 3.23. The van der Waals surface area contributed by atoms with Crippen LogP contribution in [0.5, 0.6) is 0 Å². The Balaban J connectivity index is 2.44. The van der Waals surface area contributed by atoms with E-state index in [2.05, 4.69) is 31.3 Å². The monoisotopic (exact) mass is 844 g/mol. The van der Waals surface area contributed by atoms with Crippen LogP contribution in [0.2, 0.25) is 0 Å². The molecule has 11 heteroatoms. The van der Waals surface area contributed by atoms with Crippen LogP contribution in [0.3, 0.4) is 0 Å². The molecule has 9 atom stereocenters. The summed E-state index contributed by atoms with van der Waals surface area (Å²) in [6, 6.07) is -1.18. The van der Waals surface area contributed by atoms with Crippen molar-refractivity contribution in [2.45, 2.75) is 274 Å². The van der Waals surface area contributed by atoms with Crippen molar-refractivity contribution in [2.24, 2.45) is 0 Å². The summed E-state index contributed by atoms with van der Waals surface area (Å²) in [7, 11) is 0. The van der Waals surface area contributed by atoms with Gasteiger partial charge in [0.15, 0.2) is 6.29 Å². The van der Waals surface area contributed by atoms with Crippen molar-refractivity contribution >= 4 is 5.91 Å². The van der Waals surface area contributed by atoms with Crippen molar-refractivity contribution < 1.29 is 50.0 Å². The standard InChI is InChI=1S/C48H93NO10/c1-3-5-7-9-11-13-15-17-19-20-22-23-25-27-29-31-33-35-40(51)43(53)39(38-58-48-46(56)45(55)44(54)42(37-50)59-48)49-47(57)41(52)36-34-32-30-28-26-24-21-18-16-14-12-10-8-6-4-2/h27,29,39-46,48,50-56H,3-26,28,30-38H2,1-2H3,(H,49,57)/b29-27+. The molecule has 0 aliphatic carbocycles. The number of unbranched alkanes of at least 4 members (excludes halogenated alkanes) is 27. The van der Waals surface area contributed by atoms with Gasteiger partial charge in [-0.1, -0.05) is 193 Å². The van der Waals surface area contributed by atoms with Crippen LogP contribution in [0.15, 0.2) is 12.2 Å². The molecule has 59 heavy (non-hydrogen) atoms. The van der Waals surface area contributed by atoms with Gasteiger partial charge in [-0.15, -0.1) is 0 Å². The highest BCUT2D eigenvalue weighted by atomic mass is 16.7. The first-order chi connectivity index (χ1) is 28.7. The maximum Gasteiger partial charge on any atom is 0.249 e. The summed E-state index contributed by atoms with van der Waals surface area (Å²) in [5.74, 6) is -0.704. The first kappa shape index (κ1) is 55.9. The average molecular weight is 844 g/mol. The van der Waals surface area contributed by atoms with Gasteiger partial charge in [0, 0.05) is 0 Å². The third-order valence-corrected chi connectivity index (χ3v) is 12.1. The number of carbonyl (C=O) groups excluding carboxylic acids is 1. The zero-order chi connectivity index (χ0) is 43.4. The molecule has 0 radical (unpaired) electrons. The molecule has 0 spiro atoms. The van der Waals surface area contributed by atoms with Crippen molar-refractivity contribution in [3.63, 3.8) is 0 Å². The number of ether oxygens (including phenoxy) is 2. The summed E-state index contributed by atoms with van der Waals surface area (Å²) in [5.41, 5.74) is 0. The van der Waals surface area contributed by atoms with Gasteiger partial charge in [0.1, 0.15) is 36.6 Å². The summed E-state index contributed by atoms with van der Waals surface area (Å²) in [6.07, 6.45) is 29.7. The van der Waals surface area contributed by atoms with Crippen LogP contribution in [0.4, 0.5) is 0 Å². The Hall–Kier alpha value is -1.15. The SMILES string of the molecule is CCCCCCCCCCCCCC/C=C/CCCC(O)C(O)C(COC1OC(CO)C(O)C(O)C1O)NC(=O)C(O)CCCCCCCCCCCCCCCCC. The number of amides is 1. The topological polar surface area (TPSA) is 189 Å². The van der Waals surface area contributed by atoms with E-state index in [9.17, 15) is 40.5 Å². The van der Waals surface area contributed by atoms with E-state index in [-0.39, 0.29) is 12.8 Å². The van der Waals surface area contributed by atoms with Gasteiger partial charge in [-0.05, 0) is 38.5 Å². The number of allylic oxidation sites excluding steroid dienone is 2. The van der Waals surface area contributed by atoms with Crippen LogP contribution < -0.4 is 5.32 Å². The maximum absolute atomic E-state index is 13.1. The molecule has 0 aromatic heterocycles. The van der Waals surface area contributed by atoms with E-state index in [1.54, 1.807) is 0 Å². The summed E-state index contributed by atoms with van der Waals surface area (Å²) in [4.78, 5) is 13.1. The quantitative estimate of drug-likeness (QED) is 0.0219. The zero-order valence-electron chi connectivity index (χ0n) is 37.7. The first-order valence-electron chi connectivity index (χ1n) is 24.6. The van der Waals surface area contributed by atoms with Crippen LogP contribution >= 0.6 is 0 Å². The Morgan fingerprint density at radius 1 is 0.576 bits per heavy atom. The molecular weight excluding hydrogens is 751 g/mol. The van der Waals surface area contributed by atoms with Gasteiger partial charge in [0.05, 0.1) is 25.4 Å². The predicted octanol–water partition coefficient (Wildman–Crippen LogP) is 8.45. The second-order valence-electron chi connectivity index (χ2n) is 17.5. The van der Waals surface area contributed by atoms with Gasteiger partial charge in [-0.3, -0.25) is 4.79 Å². The van der Waals surface area contributed by atoms with Gasteiger partial charge >= 0.3 is 0 Å². The molecule has 350 valence electrons. The number of hydrogen-bond acceptors (Lipinski definition) is 10. The number of rotatable bonds is 41. The largest absolute Gasteiger partial charge is 0.394 e. The third kappa shape index (κ3) is 28.2. The van der Waals surface area contributed by atoms with E-state index in [1.165, 1.54) is 141 Å². The second kappa shape index (κ2) is 38.5.